The van der Waals surface area contributed by atoms with Gasteiger partial charge >= 0.3 is 0 Å². The molecule has 1 aromatic rings. The van der Waals surface area contributed by atoms with Crippen LogP contribution < -0.4 is 5.32 Å². The summed E-state index contributed by atoms with van der Waals surface area (Å²) in [6, 6.07) is 10.5. The molecule has 0 saturated carbocycles. The minimum Gasteiger partial charge on any atom is -0.312 e. The highest BCUT2D eigenvalue weighted by Crippen LogP contribution is 2.09. The van der Waals surface area contributed by atoms with E-state index in [4.69, 9.17) is 0 Å². The van der Waals surface area contributed by atoms with Crippen LogP contribution in [0.2, 0.25) is 0 Å². The van der Waals surface area contributed by atoms with Crippen molar-refractivity contribution in [1.29, 1.82) is 0 Å². The molecule has 0 atom stereocenters. The zero-order valence-electron chi connectivity index (χ0n) is 14.9. The zero-order valence-corrected chi connectivity index (χ0v) is 14.9. The molecular weight excluding hydrogens is 242 g/mol. The Morgan fingerprint density at radius 3 is 1.80 bits per heavy atom. The Kier molecular flexibility index (Phi) is 15.7. The second-order valence-corrected chi connectivity index (χ2v) is 5.40. The molecule has 1 nitrogen and oxygen atoms in total. The molecule has 0 bridgehead atoms. The first kappa shape index (κ1) is 21.5. The summed E-state index contributed by atoms with van der Waals surface area (Å²) in [7, 11) is 0. The van der Waals surface area contributed by atoms with Gasteiger partial charge in [0.05, 0.1) is 0 Å². The van der Waals surface area contributed by atoms with E-state index in [0.717, 1.165) is 13.0 Å². The molecule has 0 radical (unpaired) electrons. The Labute approximate surface area is 128 Å². The molecule has 0 saturated heterocycles. The second-order valence-electron chi connectivity index (χ2n) is 5.40. The lowest BCUT2D eigenvalue weighted by molar-refractivity contribution is 0.360. The minimum atomic E-state index is 0.352. The lowest BCUT2D eigenvalue weighted by Gasteiger charge is -2.25. The van der Waals surface area contributed by atoms with Crippen molar-refractivity contribution >= 4 is 0 Å². The molecule has 1 aromatic carbocycles. The highest BCUT2D eigenvalue weighted by atomic mass is 14.9. The third-order valence-electron chi connectivity index (χ3n) is 2.98. The Balaban J connectivity index is 0. The van der Waals surface area contributed by atoms with Gasteiger partial charge in [-0.25, -0.2) is 0 Å². The first-order chi connectivity index (χ1) is 9.55. The number of rotatable bonds is 6. The van der Waals surface area contributed by atoms with Gasteiger partial charge in [-0.15, -0.1) is 0 Å². The van der Waals surface area contributed by atoms with E-state index in [-0.39, 0.29) is 0 Å². The van der Waals surface area contributed by atoms with E-state index >= 15 is 0 Å². The SMILES string of the molecule is CC.CCCNC(C)(C)CCC.CCc1ccccc1. The number of hydrogen-bond donors (Lipinski definition) is 1. The summed E-state index contributed by atoms with van der Waals surface area (Å²) in [6.07, 6.45) is 4.91. The average Bonchev–Trinajstić information content (AvgIpc) is 2.49. The topological polar surface area (TPSA) is 12.0 Å². The highest BCUT2D eigenvalue weighted by Gasteiger charge is 2.13. The van der Waals surface area contributed by atoms with E-state index in [9.17, 15) is 0 Å². The molecule has 0 aromatic heterocycles. The molecule has 0 amide bonds. The van der Waals surface area contributed by atoms with Gasteiger partial charge in [-0.3, -0.25) is 0 Å². The van der Waals surface area contributed by atoms with Gasteiger partial charge in [-0.1, -0.05) is 71.4 Å². The number of benzene rings is 1. The maximum absolute atomic E-state index is 3.51. The Morgan fingerprint density at radius 2 is 1.45 bits per heavy atom. The number of aryl methyl sites for hydroxylation is 1. The van der Waals surface area contributed by atoms with Crippen LogP contribution in [-0.4, -0.2) is 12.1 Å². The molecule has 0 fully saturated rings. The van der Waals surface area contributed by atoms with E-state index in [1.54, 1.807) is 0 Å². The molecule has 0 unspecified atom stereocenters. The largest absolute Gasteiger partial charge is 0.312 e. The van der Waals surface area contributed by atoms with Crippen LogP contribution in [0.15, 0.2) is 30.3 Å². The van der Waals surface area contributed by atoms with Crippen LogP contribution in [-0.2, 0) is 6.42 Å². The smallest absolute Gasteiger partial charge is 0.0125 e. The first-order valence-corrected chi connectivity index (χ1v) is 8.34. The van der Waals surface area contributed by atoms with E-state index < -0.39 is 0 Å². The van der Waals surface area contributed by atoms with E-state index in [1.807, 2.05) is 19.9 Å². The van der Waals surface area contributed by atoms with Gasteiger partial charge in [0.25, 0.3) is 0 Å². The lowest BCUT2D eigenvalue weighted by Crippen LogP contribution is -2.39. The molecule has 0 spiro atoms. The fourth-order valence-electron chi connectivity index (χ4n) is 1.89. The molecule has 1 rings (SSSR count). The van der Waals surface area contributed by atoms with Crippen LogP contribution in [0.4, 0.5) is 0 Å². The Hall–Kier alpha value is -0.820. The molecular formula is C19H37N. The van der Waals surface area contributed by atoms with E-state index in [1.165, 1.54) is 24.8 Å². The molecule has 0 aliphatic rings. The summed E-state index contributed by atoms with van der Waals surface area (Å²) in [6.45, 7) is 16.3. The quantitative estimate of drug-likeness (QED) is 0.689. The average molecular weight is 280 g/mol. The van der Waals surface area contributed by atoms with Gasteiger partial charge < -0.3 is 5.32 Å². The predicted octanol–water partition coefficient (Wildman–Crippen LogP) is 5.84. The molecule has 0 aliphatic heterocycles. The Bertz CT molecular complexity index is 277. The highest BCUT2D eigenvalue weighted by molar-refractivity contribution is 5.13. The van der Waals surface area contributed by atoms with Crippen LogP contribution in [0.1, 0.15) is 73.3 Å². The first-order valence-electron chi connectivity index (χ1n) is 8.34. The van der Waals surface area contributed by atoms with Crippen molar-refractivity contribution in [2.45, 2.75) is 79.7 Å². The summed E-state index contributed by atoms with van der Waals surface area (Å²) >= 11 is 0. The molecule has 1 N–H and O–H groups in total. The summed E-state index contributed by atoms with van der Waals surface area (Å²) in [4.78, 5) is 0. The summed E-state index contributed by atoms with van der Waals surface area (Å²) in [5.74, 6) is 0. The number of hydrogen-bond acceptors (Lipinski definition) is 1. The summed E-state index contributed by atoms with van der Waals surface area (Å²) in [5.41, 5.74) is 1.76. The van der Waals surface area contributed by atoms with Crippen LogP contribution in [0.25, 0.3) is 0 Å². The fraction of sp³-hybridized carbons (Fsp3) is 0.684. The van der Waals surface area contributed by atoms with Crippen molar-refractivity contribution < 1.29 is 0 Å². The van der Waals surface area contributed by atoms with Crippen molar-refractivity contribution in [3.8, 4) is 0 Å². The second kappa shape index (κ2) is 14.6. The lowest BCUT2D eigenvalue weighted by atomic mass is 9.99. The standard InChI is InChI=1S/C9H21N.C8H10.C2H6/c1-5-7-9(3,4)10-8-6-2;1-2-8-6-4-3-5-7-8;1-2/h10H,5-8H2,1-4H3;3-7H,2H2,1H3;1-2H3. The van der Waals surface area contributed by atoms with Gasteiger partial charge in [0.15, 0.2) is 0 Å². The summed E-state index contributed by atoms with van der Waals surface area (Å²) in [5, 5.41) is 3.51. The fourth-order valence-corrected chi connectivity index (χ4v) is 1.89. The maximum Gasteiger partial charge on any atom is 0.0125 e. The van der Waals surface area contributed by atoms with E-state index in [2.05, 4.69) is 64.2 Å². The van der Waals surface area contributed by atoms with Crippen molar-refractivity contribution in [2.75, 3.05) is 6.54 Å². The predicted molar refractivity (Wildman–Crippen MR) is 94.4 cm³/mol. The minimum absolute atomic E-state index is 0.352. The van der Waals surface area contributed by atoms with Crippen LogP contribution in [0, 0.1) is 0 Å². The normalized spacial score (nSPS) is 9.95. The number of nitrogens with one attached hydrogen (secondary N) is 1. The van der Waals surface area contributed by atoms with Crippen molar-refractivity contribution in [3.05, 3.63) is 35.9 Å². The van der Waals surface area contributed by atoms with Gasteiger partial charge in [0, 0.05) is 5.54 Å². The van der Waals surface area contributed by atoms with Crippen molar-refractivity contribution in [3.63, 3.8) is 0 Å². The molecule has 0 heterocycles. The van der Waals surface area contributed by atoms with Crippen molar-refractivity contribution in [2.24, 2.45) is 0 Å². The van der Waals surface area contributed by atoms with Crippen LogP contribution in [0.3, 0.4) is 0 Å². The zero-order chi connectivity index (χ0) is 15.9. The third kappa shape index (κ3) is 13.6. The molecule has 0 aliphatic carbocycles. The molecule has 118 valence electrons. The van der Waals surface area contributed by atoms with Crippen LogP contribution >= 0.6 is 0 Å². The monoisotopic (exact) mass is 279 g/mol. The van der Waals surface area contributed by atoms with Crippen LogP contribution in [0.5, 0.6) is 0 Å². The third-order valence-corrected chi connectivity index (χ3v) is 2.98. The Morgan fingerprint density at radius 1 is 0.900 bits per heavy atom. The van der Waals surface area contributed by atoms with Gasteiger partial charge in [-0.05, 0) is 45.2 Å². The summed E-state index contributed by atoms with van der Waals surface area (Å²) < 4.78 is 0. The molecule has 20 heavy (non-hydrogen) atoms. The van der Waals surface area contributed by atoms with Crippen molar-refractivity contribution in [1.82, 2.24) is 5.32 Å². The van der Waals surface area contributed by atoms with Gasteiger partial charge in [0.1, 0.15) is 0 Å². The van der Waals surface area contributed by atoms with Gasteiger partial charge in [0.2, 0.25) is 0 Å². The maximum atomic E-state index is 3.51. The van der Waals surface area contributed by atoms with E-state index in [0.29, 0.717) is 5.54 Å². The molecule has 1 heteroatoms. The van der Waals surface area contributed by atoms with Gasteiger partial charge in [-0.2, -0.15) is 0 Å².